The summed E-state index contributed by atoms with van der Waals surface area (Å²) in [6.45, 7) is 6.39. The first-order valence-electron chi connectivity index (χ1n) is 3.96. The van der Waals surface area contributed by atoms with Gasteiger partial charge in [0.1, 0.15) is 0 Å². The highest BCUT2D eigenvalue weighted by atomic mass is 31.2. The third-order valence-corrected chi connectivity index (χ3v) is 2.63. The Morgan fingerprint density at radius 3 is 2.07 bits per heavy atom. The van der Waals surface area contributed by atoms with Crippen LogP contribution in [0, 0.1) is 0 Å². The number of hydrogen-bond donors (Lipinski definition) is 1. The van der Waals surface area contributed by atoms with Gasteiger partial charge in [0.25, 0.3) is 0 Å². The van der Waals surface area contributed by atoms with Crippen LogP contribution < -0.4 is 0 Å². The number of rotatable bonds is 7. The summed E-state index contributed by atoms with van der Waals surface area (Å²) in [4.78, 5) is 10.3. The van der Waals surface area contributed by atoms with E-state index in [1.54, 1.807) is 13.8 Å². The first kappa shape index (κ1) is 13.2. The maximum Gasteiger partial charge on any atom is 0.530 e. The lowest BCUT2D eigenvalue weighted by Crippen LogP contribution is -2.06. The monoisotopic (exact) mass is 224 g/mol. The van der Waals surface area contributed by atoms with E-state index in [1.165, 1.54) is 0 Å². The van der Waals surface area contributed by atoms with Gasteiger partial charge in [0.15, 0.2) is 0 Å². The maximum atomic E-state index is 11.5. The largest absolute Gasteiger partial charge is 0.530 e. The summed E-state index contributed by atoms with van der Waals surface area (Å²) in [5.74, 6) is -2.08. The normalized spacial score (nSPS) is 11.0. The van der Waals surface area contributed by atoms with Crippen molar-refractivity contribution in [2.45, 2.75) is 13.8 Å². The third-order valence-electron chi connectivity index (χ3n) is 1.03. The number of phosphoric ester groups is 1. The second-order valence-corrected chi connectivity index (χ2v) is 3.70. The van der Waals surface area contributed by atoms with Gasteiger partial charge in [-0.2, -0.15) is 0 Å². The van der Waals surface area contributed by atoms with Crippen LogP contribution in [0.4, 0.5) is 0 Å². The highest BCUT2D eigenvalue weighted by Gasteiger charge is 2.29. The quantitative estimate of drug-likeness (QED) is 0.403. The number of aliphatic carboxylic acids is 1. The molecular formula is C7H13O6P. The summed E-state index contributed by atoms with van der Waals surface area (Å²) < 4.78 is 25.4. The Kier molecular flexibility index (Phi) is 5.45. The van der Waals surface area contributed by atoms with E-state index in [2.05, 4.69) is 20.2 Å². The van der Waals surface area contributed by atoms with Crippen LogP contribution in [-0.2, 0) is 22.9 Å². The van der Waals surface area contributed by atoms with Crippen molar-refractivity contribution in [1.82, 2.24) is 0 Å². The molecule has 0 fully saturated rings. The van der Waals surface area contributed by atoms with E-state index in [9.17, 15) is 9.36 Å². The molecule has 0 unspecified atom stereocenters. The van der Waals surface area contributed by atoms with Gasteiger partial charge in [-0.15, -0.1) is 0 Å². The van der Waals surface area contributed by atoms with Gasteiger partial charge in [0.05, 0.1) is 13.2 Å². The third kappa shape index (κ3) is 4.41. The molecule has 0 saturated heterocycles. The zero-order valence-electron chi connectivity index (χ0n) is 8.06. The Bertz CT molecular complexity index is 251. The first-order chi connectivity index (χ1) is 6.45. The number of hydrogen-bond acceptors (Lipinski definition) is 5. The molecule has 0 amide bonds. The number of phosphoric acid groups is 1. The van der Waals surface area contributed by atoms with Crippen molar-refractivity contribution in [3.8, 4) is 0 Å². The molecule has 0 aromatic heterocycles. The van der Waals surface area contributed by atoms with Crippen LogP contribution in [0.15, 0.2) is 12.3 Å². The Morgan fingerprint density at radius 1 is 1.36 bits per heavy atom. The lowest BCUT2D eigenvalue weighted by atomic mass is 10.6. The van der Waals surface area contributed by atoms with E-state index in [-0.39, 0.29) is 13.2 Å². The minimum atomic E-state index is -3.81. The zero-order valence-corrected chi connectivity index (χ0v) is 8.95. The fourth-order valence-corrected chi connectivity index (χ4v) is 1.74. The smallest absolute Gasteiger partial charge is 0.475 e. The van der Waals surface area contributed by atoms with Crippen molar-refractivity contribution in [1.29, 1.82) is 0 Å². The summed E-state index contributed by atoms with van der Waals surface area (Å²) in [5, 5.41) is 8.43. The highest BCUT2D eigenvalue weighted by Crippen LogP contribution is 2.50. The average molecular weight is 224 g/mol. The van der Waals surface area contributed by atoms with E-state index in [1.807, 2.05) is 0 Å². The lowest BCUT2D eigenvalue weighted by molar-refractivity contribution is -0.135. The van der Waals surface area contributed by atoms with Crippen molar-refractivity contribution in [3.05, 3.63) is 12.3 Å². The Morgan fingerprint density at radius 2 is 1.79 bits per heavy atom. The van der Waals surface area contributed by atoms with E-state index in [4.69, 9.17) is 5.11 Å². The Labute approximate surface area is 82.1 Å². The van der Waals surface area contributed by atoms with Crippen molar-refractivity contribution >= 4 is 13.8 Å². The standard InChI is InChI=1S/C7H13O6P/c1-4-11-14(10,12-5-2)13-6(3)7(8)9/h3-5H2,1-2H3,(H,8,9). The van der Waals surface area contributed by atoms with Crippen molar-refractivity contribution in [2.75, 3.05) is 13.2 Å². The number of carbonyl (C=O) groups is 1. The van der Waals surface area contributed by atoms with Gasteiger partial charge in [0.2, 0.25) is 5.76 Å². The second kappa shape index (κ2) is 5.80. The maximum absolute atomic E-state index is 11.5. The summed E-state index contributed by atoms with van der Waals surface area (Å²) in [5.41, 5.74) is 0. The average Bonchev–Trinajstić information content (AvgIpc) is 2.04. The van der Waals surface area contributed by atoms with Crippen LogP contribution in [0.2, 0.25) is 0 Å². The lowest BCUT2D eigenvalue weighted by Gasteiger charge is -2.16. The summed E-state index contributed by atoms with van der Waals surface area (Å²) in [7, 11) is -3.81. The van der Waals surface area contributed by atoms with Gasteiger partial charge < -0.3 is 9.63 Å². The van der Waals surface area contributed by atoms with Crippen LogP contribution in [0.5, 0.6) is 0 Å². The Hall–Kier alpha value is -0.840. The summed E-state index contributed by atoms with van der Waals surface area (Å²) in [6.07, 6.45) is 0. The fraction of sp³-hybridized carbons (Fsp3) is 0.571. The molecule has 0 rings (SSSR count). The van der Waals surface area contributed by atoms with E-state index in [0.29, 0.717) is 0 Å². The number of carboxylic acids is 1. The molecule has 0 bridgehead atoms. The van der Waals surface area contributed by atoms with Gasteiger partial charge in [-0.25, -0.2) is 9.36 Å². The van der Waals surface area contributed by atoms with E-state index in [0.717, 1.165) is 0 Å². The molecule has 7 heteroatoms. The summed E-state index contributed by atoms with van der Waals surface area (Å²) >= 11 is 0. The molecule has 0 aromatic rings. The highest BCUT2D eigenvalue weighted by molar-refractivity contribution is 7.48. The van der Waals surface area contributed by atoms with E-state index >= 15 is 0 Å². The van der Waals surface area contributed by atoms with Gasteiger partial charge in [-0.1, -0.05) is 0 Å². The topological polar surface area (TPSA) is 82.1 Å². The van der Waals surface area contributed by atoms with Crippen LogP contribution >= 0.6 is 7.82 Å². The first-order valence-corrected chi connectivity index (χ1v) is 5.42. The predicted molar refractivity (Wildman–Crippen MR) is 48.7 cm³/mol. The molecule has 6 nitrogen and oxygen atoms in total. The van der Waals surface area contributed by atoms with Crippen LogP contribution in [0.25, 0.3) is 0 Å². The zero-order chi connectivity index (χ0) is 11.2. The minimum Gasteiger partial charge on any atom is -0.475 e. The SMILES string of the molecule is C=C(OP(=O)(OCC)OCC)C(=O)O. The van der Waals surface area contributed by atoms with Gasteiger partial charge in [0, 0.05) is 0 Å². The van der Waals surface area contributed by atoms with Gasteiger partial charge >= 0.3 is 13.8 Å². The van der Waals surface area contributed by atoms with Gasteiger partial charge in [-0.3, -0.25) is 9.05 Å². The molecular weight excluding hydrogens is 211 g/mol. The molecule has 14 heavy (non-hydrogen) atoms. The van der Waals surface area contributed by atoms with Crippen LogP contribution in [0.1, 0.15) is 13.8 Å². The van der Waals surface area contributed by atoms with Crippen LogP contribution in [0.3, 0.4) is 0 Å². The minimum absolute atomic E-state index is 0.0875. The predicted octanol–water partition coefficient (Wildman–Crippen LogP) is 1.78. The fourth-order valence-electron chi connectivity index (χ4n) is 0.580. The van der Waals surface area contributed by atoms with Crippen LogP contribution in [-0.4, -0.2) is 24.3 Å². The Balaban J connectivity index is 4.44. The molecule has 0 aliphatic heterocycles. The second-order valence-electron chi connectivity index (χ2n) is 2.10. The molecule has 0 aromatic carbocycles. The molecule has 0 saturated carbocycles. The van der Waals surface area contributed by atoms with Crippen molar-refractivity contribution < 1.29 is 28.0 Å². The molecule has 82 valence electrons. The molecule has 0 radical (unpaired) electrons. The molecule has 0 heterocycles. The van der Waals surface area contributed by atoms with Crippen molar-refractivity contribution in [2.24, 2.45) is 0 Å². The van der Waals surface area contributed by atoms with Crippen molar-refractivity contribution in [3.63, 3.8) is 0 Å². The van der Waals surface area contributed by atoms with Gasteiger partial charge in [-0.05, 0) is 20.4 Å². The summed E-state index contributed by atoms with van der Waals surface area (Å²) in [6, 6.07) is 0. The van der Waals surface area contributed by atoms with E-state index < -0.39 is 19.6 Å². The molecule has 0 spiro atoms. The molecule has 0 atom stereocenters. The number of carboxylic acid groups (broad SMARTS) is 1. The molecule has 1 N–H and O–H groups in total. The molecule has 0 aliphatic carbocycles. The molecule has 0 aliphatic rings.